The van der Waals surface area contributed by atoms with Gasteiger partial charge in [-0.15, -0.1) is 0 Å². The fourth-order valence-corrected chi connectivity index (χ4v) is 4.44. The molecule has 1 heterocycles. The van der Waals surface area contributed by atoms with Gasteiger partial charge in [0.1, 0.15) is 11.6 Å². The Morgan fingerprint density at radius 3 is 2.39 bits per heavy atom. The van der Waals surface area contributed by atoms with E-state index in [1.54, 1.807) is 0 Å². The van der Waals surface area contributed by atoms with E-state index in [4.69, 9.17) is 0 Å². The first-order valence-electron chi connectivity index (χ1n) is 11.0. The molecular formula is C27H34F2N2. The Labute approximate surface area is 185 Å². The van der Waals surface area contributed by atoms with E-state index >= 15 is 0 Å². The minimum absolute atomic E-state index is 0.341. The number of piperazine rings is 1. The Kier molecular flexibility index (Phi) is 7.19. The van der Waals surface area contributed by atoms with Crippen molar-refractivity contribution in [2.24, 2.45) is 11.8 Å². The molecule has 0 saturated carbocycles. The summed E-state index contributed by atoms with van der Waals surface area (Å²) < 4.78 is 27.4. The maximum atomic E-state index is 14.2. The minimum Gasteiger partial charge on any atom is -0.371 e. The lowest BCUT2D eigenvalue weighted by Gasteiger charge is -2.39. The van der Waals surface area contributed by atoms with Gasteiger partial charge in [-0.3, -0.25) is 0 Å². The number of nitrogens with zero attached hydrogens (tertiary/aromatic N) is 2. The summed E-state index contributed by atoms with van der Waals surface area (Å²) in [4.78, 5) is 4.28. The van der Waals surface area contributed by atoms with Crippen LogP contribution in [0.1, 0.15) is 34.1 Å². The van der Waals surface area contributed by atoms with Gasteiger partial charge in [0.05, 0.1) is 5.69 Å². The smallest absolute Gasteiger partial charge is 0.149 e. The van der Waals surface area contributed by atoms with Crippen LogP contribution in [-0.2, 0) is 0 Å². The number of hydrogen-bond donors (Lipinski definition) is 0. The van der Waals surface area contributed by atoms with Crippen LogP contribution in [0.3, 0.4) is 0 Å². The molecule has 31 heavy (non-hydrogen) atoms. The Hall–Kier alpha value is -2.62. The fourth-order valence-electron chi connectivity index (χ4n) is 4.44. The Morgan fingerprint density at radius 1 is 1.10 bits per heavy atom. The highest BCUT2D eigenvalue weighted by Gasteiger charge is 2.26. The molecule has 0 N–H and O–H groups in total. The lowest BCUT2D eigenvalue weighted by Crippen LogP contribution is -2.46. The van der Waals surface area contributed by atoms with E-state index in [-0.39, 0.29) is 0 Å². The largest absolute Gasteiger partial charge is 0.371 e. The van der Waals surface area contributed by atoms with Crippen LogP contribution in [0.2, 0.25) is 0 Å². The zero-order valence-corrected chi connectivity index (χ0v) is 19.2. The summed E-state index contributed by atoms with van der Waals surface area (Å²) in [5, 5.41) is 0. The zero-order chi connectivity index (χ0) is 22.7. The first-order valence-corrected chi connectivity index (χ1v) is 11.0. The van der Waals surface area contributed by atoms with Crippen LogP contribution in [0.4, 0.5) is 14.5 Å². The molecule has 2 aliphatic rings. The van der Waals surface area contributed by atoms with E-state index in [9.17, 15) is 8.78 Å². The van der Waals surface area contributed by atoms with Crippen molar-refractivity contribution in [2.75, 3.05) is 31.1 Å². The second kappa shape index (κ2) is 9.67. The monoisotopic (exact) mass is 424 g/mol. The molecule has 0 bridgehead atoms. The fraction of sp³-hybridized carbons (Fsp3) is 0.407. The molecule has 1 fully saturated rings. The Morgan fingerprint density at radius 2 is 1.77 bits per heavy atom. The highest BCUT2D eigenvalue weighted by atomic mass is 19.1. The van der Waals surface area contributed by atoms with Gasteiger partial charge in [-0.05, 0) is 44.4 Å². The Bertz CT molecular complexity index is 946. The SMILES string of the molecule is C=C(C)/C(C)=C(\CC(=C)N1CCN(c2ccc(F)cc2F)CC1)C1C=C(C)C=CC1C. The molecule has 0 amide bonds. The van der Waals surface area contributed by atoms with Gasteiger partial charge in [0.25, 0.3) is 0 Å². The number of rotatable bonds is 6. The summed E-state index contributed by atoms with van der Waals surface area (Å²) in [6.45, 7) is 20.1. The van der Waals surface area contributed by atoms with Crippen LogP contribution >= 0.6 is 0 Å². The molecule has 1 aliphatic carbocycles. The van der Waals surface area contributed by atoms with Crippen LogP contribution in [0.15, 0.2) is 77.6 Å². The zero-order valence-electron chi connectivity index (χ0n) is 19.2. The molecule has 2 nitrogen and oxygen atoms in total. The first kappa shape index (κ1) is 23.1. The van der Waals surface area contributed by atoms with Crippen LogP contribution in [0, 0.1) is 23.5 Å². The third kappa shape index (κ3) is 5.36. The predicted octanol–water partition coefficient (Wildman–Crippen LogP) is 6.65. The number of benzene rings is 1. The van der Waals surface area contributed by atoms with Crippen molar-refractivity contribution in [3.63, 3.8) is 0 Å². The van der Waals surface area contributed by atoms with Crippen molar-refractivity contribution in [1.29, 1.82) is 0 Å². The average molecular weight is 425 g/mol. The Balaban J connectivity index is 1.71. The quantitative estimate of drug-likeness (QED) is 0.472. The number of halogens is 2. The van der Waals surface area contributed by atoms with E-state index in [0.717, 1.165) is 36.8 Å². The lowest BCUT2D eigenvalue weighted by molar-refractivity contribution is 0.313. The third-order valence-corrected chi connectivity index (χ3v) is 6.57. The van der Waals surface area contributed by atoms with E-state index in [1.165, 1.54) is 28.9 Å². The highest BCUT2D eigenvalue weighted by Crippen LogP contribution is 2.36. The molecule has 1 aromatic rings. The summed E-state index contributed by atoms with van der Waals surface area (Å²) in [6, 6.07) is 3.79. The van der Waals surface area contributed by atoms with Gasteiger partial charge >= 0.3 is 0 Å². The van der Waals surface area contributed by atoms with E-state index in [0.29, 0.717) is 30.6 Å². The summed E-state index contributed by atoms with van der Waals surface area (Å²) >= 11 is 0. The van der Waals surface area contributed by atoms with Crippen molar-refractivity contribution < 1.29 is 8.78 Å². The van der Waals surface area contributed by atoms with Crippen molar-refractivity contribution >= 4 is 5.69 Å². The normalized spacial score (nSPS) is 22.2. The first-order chi connectivity index (χ1) is 14.7. The van der Waals surface area contributed by atoms with Crippen LogP contribution < -0.4 is 4.90 Å². The molecule has 2 atom stereocenters. The summed E-state index contributed by atoms with van der Waals surface area (Å²) in [5.74, 6) is -0.278. The average Bonchev–Trinajstić information content (AvgIpc) is 2.73. The number of anilines is 1. The maximum Gasteiger partial charge on any atom is 0.149 e. The molecule has 1 aliphatic heterocycles. The molecule has 2 unspecified atom stereocenters. The van der Waals surface area contributed by atoms with Crippen molar-refractivity contribution in [1.82, 2.24) is 4.90 Å². The van der Waals surface area contributed by atoms with Gasteiger partial charge in [-0.1, -0.05) is 55.0 Å². The number of hydrogen-bond acceptors (Lipinski definition) is 2. The molecule has 0 spiro atoms. The minimum atomic E-state index is -0.545. The predicted molar refractivity (Wildman–Crippen MR) is 127 cm³/mol. The van der Waals surface area contributed by atoms with Crippen molar-refractivity contribution in [3.8, 4) is 0 Å². The summed E-state index contributed by atoms with van der Waals surface area (Å²) in [6.07, 6.45) is 7.63. The van der Waals surface area contributed by atoms with E-state index in [2.05, 4.69) is 64.0 Å². The molecular weight excluding hydrogens is 390 g/mol. The van der Waals surface area contributed by atoms with Crippen molar-refractivity contribution in [3.05, 3.63) is 89.2 Å². The van der Waals surface area contributed by atoms with Gasteiger partial charge in [0, 0.05) is 50.3 Å². The summed E-state index contributed by atoms with van der Waals surface area (Å²) in [5.41, 5.74) is 6.56. The van der Waals surface area contributed by atoms with Gasteiger partial charge in [0.2, 0.25) is 0 Å². The highest BCUT2D eigenvalue weighted by molar-refractivity contribution is 5.48. The molecule has 1 aromatic carbocycles. The van der Waals surface area contributed by atoms with Crippen LogP contribution in [-0.4, -0.2) is 31.1 Å². The van der Waals surface area contributed by atoms with Gasteiger partial charge in [-0.25, -0.2) is 8.78 Å². The van der Waals surface area contributed by atoms with E-state index in [1.807, 2.05) is 4.90 Å². The second-order valence-corrected chi connectivity index (χ2v) is 8.90. The molecule has 1 saturated heterocycles. The van der Waals surface area contributed by atoms with Gasteiger partial charge in [-0.2, -0.15) is 0 Å². The topological polar surface area (TPSA) is 6.48 Å². The molecule has 0 radical (unpaired) electrons. The van der Waals surface area contributed by atoms with Crippen LogP contribution in [0.25, 0.3) is 0 Å². The van der Waals surface area contributed by atoms with Gasteiger partial charge < -0.3 is 9.80 Å². The standard InChI is InChI=1S/C27H34F2N2/c1-18(2)22(6)25(24-15-19(3)7-8-20(24)4)16-21(5)30-11-13-31(14-12-30)27-10-9-23(28)17-26(27)29/h7-10,15,17,20,24H,1,5,11-14,16H2,2-4,6H3/b25-22+. The molecule has 0 aromatic heterocycles. The summed E-state index contributed by atoms with van der Waals surface area (Å²) in [7, 11) is 0. The lowest BCUT2D eigenvalue weighted by atomic mass is 9.77. The third-order valence-electron chi connectivity index (χ3n) is 6.57. The molecule has 3 rings (SSSR count). The van der Waals surface area contributed by atoms with E-state index < -0.39 is 11.6 Å². The number of allylic oxidation sites excluding steroid dienone is 7. The molecule has 4 heteroatoms. The van der Waals surface area contributed by atoms with Gasteiger partial charge in [0.15, 0.2) is 0 Å². The van der Waals surface area contributed by atoms with Crippen molar-refractivity contribution in [2.45, 2.75) is 34.1 Å². The molecule has 166 valence electrons. The second-order valence-electron chi connectivity index (χ2n) is 8.90. The maximum absolute atomic E-state index is 14.2. The van der Waals surface area contributed by atoms with Crippen LogP contribution in [0.5, 0.6) is 0 Å².